The van der Waals surface area contributed by atoms with Crippen molar-refractivity contribution in [1.29, 1.82) is 0 Å². The Morgan fingerprint density at radius 3 is 1.61 bits per heavy atom. The lowest BCUT2D eigenvalue weighted by atomic mass is 9.79. The molecule has 1 unspecified atom stereocenters. The van der Waals surface area contributed by atoms with E-state index < -0.39 is 0 Å². The fourth-order valence-electron chi connectivity index (χ4n) is 2.87. The van der Waals surface area contributed by atoms with Gasteiger partial charge in [-0.2, -0.15) is 0 Å². The van der Waals surface area contributed by atoms with Crippen LogP contribution in [0.5, 0.6) is 0 Å². The van der Waals surface area contributed by atoms with Crippen molar-refractivity contribution >= 4 is 5.57 Å². The number of allylic oxidation sites excluding steroid dienone is 5. The molecule has 1 aliphatic rings. The van der Waals surface area contributed by atoms with E-state index >= 15 is 0 Å². The number of rotatable bonds is 2. The molecule has 182 valence electrons. The molecule has 0 saturated carbocycles. The van der Waals surface area contributed by atoms with Crippen LogP contribution in [-0.2, 0) is 0 Å². The van der Waals surface area contributed by atoms with Gasteiger partial charge in [-0.3, -0.25) is 0 Å². The molecule has 0 heteroatoms. The Balaban J connectivity index is -0.000000136. The highest BCUT2D eigenvalue weighted by molar-refractivity contribution is 5.75. The van der Waals surface area contributed by atoms with E-state index in [0.29, 0.717) is 5.92 Å². The summed E-state index contributed by atoms with van der Waals surface area (Å²) in [6.07, 6.45) is 9.36. The van der Waals surface area contributed by atoms with Crippen LogP contribution in [0.15, 0.2) is 61.7 Å². The van der Waals surface area contributed by atoms with E-state index in [1.807, 2.05) is 69.2 Å². The van der Waals surface area contributed by atoms with Crippen molar-refractivity contribution in [1.82, 2.24) is 0 Å². The zero-order chi connectivity index (χ0) is 25.8. The molecule has 0 fully saturated rings. The van der Waals surface area contributed by atoms with Crippen LogP contribution >= 0.6 is 0 Å². The fraction of sp³-hybridized carbons (Fsp3) is 0.548. The Hall–Kier alpha value is -1.82. The lowest BCUT2D eigenvalue weighted by molar-refractivity contribution is 0.591. The van der Waals surface area contributed by atoms with Gasteiger partial charge in [-0.25, -0.2) is 0 Å². The molecule has 0 aromatic heterocycles. The number of hydrogen-bond donors (Lipinski definition) is 0. The number of aryl methyl sites for hydroxylation is 2. The summed E-state index contributed by atoms with van der Waals surface area (Å²) in [6.45, 7) is 37.2. The first-order valence-corrected chi connectivity index (χ1v) is 12.5. The molecule has 0 nitrogen and oxygen atoms in total. The van der Waals surface area contributed by atoms with Crippen molar-refractivity contribution in [2.45, 2.75) is 109 Å². The third kappa shape index (κ3) is 19.9. The van der Waals surface area contributed by atoms with Gasteiger partial charge in [-0.1, -0.05) is 111 Å². The number of benzene rings is 1. The first-order valence-electron chi connectivity index (χ1n) is 12.5. The van der Waals surface area contributed by atoms with Crippen molar-refractivity contribution in [3.63, 3.8) is 0 Å². The molecule has 0 saturated heterocycles. The summed E-state index contributed by atoms with van der Waals surface area (Å²) >= 11 is 0. The zero-order valence-electron chi connectivity index (χ0n) is 23.8. The molecule has 0 radical (unpaired) electrons. The van der Waals surface area contributed by atoms with Crippen LogP contribution in [0.3, 0.4) is 0 Å². The topological polar surface area (TPSA) is 0 Å². The summed E-state index contributed by atoms with van der Waals surface area (Å²) in [5.74, 6) is 0.664. The smallest absolute Gasteiger partial charge is 0.0182 e. The van der Waals surface area contributed by atoms with Crippen LogP contribution < -0.4 is 0 Å². The van der Waals surface area contributed by atoms with Gasteiger partial charge in [0.25, 0.3) is 0 Å². The SMILES string of the molecule is C=CC.C=CC.C=CC1=C(c2cc(C)ccc2C)C(C)CCC1.CC.CC.CC.CC. The third-order valence-electron chi connectivity index (χ3n) is 3.85. The summed E-state index contributed by atoms with van der Waals surface area (Å²) < 4.78 is 0. The molecule has 1 atom stereocenters. The zero-order valence-corrected chi connectivity index (χ0v) is 23.8. The second-order valence-corrected chi connectivity index (χ2v) is 6.07. The summed E-state index contributed by atoms with van der Waals surface area (Å²) in [4.78, 5) is 0. The van der Waals surface area contributed by atoms with Gasteiger partial charge in [-0.15, -0.1) is 13.2 Å². The standard InChI is InChI=1S/C17H22.2C3H6.4C2H6/c1-5-15-8-6-7-14(4)17(15)16-11-12(2)9-10-13(16)3;2*1-3-2;4*1-2/h5,9-11,14H,1,6-8H2,2-4H3;2*3H,1H2,2H3;4*1-2H3. The predicted octanol–water partition coefficient (Wildman–Crippen LogP) is 11.6. The van der Waals surface area contributed by atoms with Crippen LogP contribution in [0.4, 0.5) is 0 Å². The summed E-state index contributed by atoms with van der Waals surface area (Å²) in [7, 11) is 0. The molecular formula is C31H58. The van der Waals surface area contributed by atoms with E-state index in [1.165, 1.54) is 47.1 Å². The van der Waals surface area contributed by atoms with E-state index in [4.69, 9.17) is 0 Å². The van der Waals surface area contributed by atoms with Crippen LogP contribution in [0, 0.1) is 19.8 Å². The van der Waals surface area contributed by atoms with Gasteiger partial charge in [-0.05, 0) is 75.1 Å². The van der Waals surface area contributed by atoms with E-state index in [2.05, 4.69) is 64.8 Å². The average Bonchev–Trinajstić information content (AvgIpc) is 2.82. The second-order valence-electron chi connectivity index (χ2n) is 6.07. The van der Waals surface area contributed by atoms with Gasteiger partial charge in [0.1, 0.15) is 0 Å². The maximum Gasteiger partial charge on any atom is -0.0182 e. The van der Waals surface area contributed by atoms with Gasteiger partial charge in [0.05, 0.1) is 0 Å². The highest BCUT2D eigenvalue weighted by atomic mass is 14.2. The molecule has 2 rings (SSSR count). The van der Waals surface area contributed by atoms with Crippen molar-refractivity contribution in [3.8, 4) is 0 Å². The molecule has 31 heavy (non-hydrogen) atoms. The molecule has 0 heterocycles. The minimum Gasteiger partial charge on any atom is -0.103 e. The van der Waals surface area contributed by atoms with Crippen molar-refractivity contribution in [2.75, 3.05) is 0 Å². The summed E-state index contributed by atoms with van der Waals surface area (Å²) in [6, 6.07) is 6.76. The molecule has 1 aromatic carbocycles. The largest absolute Gasteiger partial charge is 0.103 e. The van der Waals surface area contributed by atoms with Crippen LogP contribution in [0.1, 0.15) is 112 Å². The van der Waals surface area contributed by atoms with Crippen LogP contribution in [0.2, 0.25) is 0 Å². The summed E-state index contributed by atoms with van der Waals surface area (Å²) in [5, 5.41) is 0. The second kappa shape index (κ2) is 32.8. The molecule has 0 bridgehead atoms. The first kappa shape index (κ1) is 39.6. The molecule has 0 aliphatic heterocycles. The van der Waals surface area contributed by atoms with Gasteiger partial charge in [0, 0.05) is 0 Å². The predicted molar refractivity (Wildman–Crippen MR) is 153 cm³/mol. The highest BCUT2D eigenvalue weighted by Crippen LogP contribution is 2.38. The van der Waals surface area contributed by atoms with Gasteiger partial charge >= 0.3 is 0 Å². The van der Waals surface area contributed by atoms with E-state index in [-0.39, 0.29) is 0 Å². The molecule has 0 N–H and O–H groups in total. The molecule has 0 spiro atoms. The van der Waals surface area contributed by atoms with E-state index in [0.717, 1.165) is 0 Å². The average molecular weight is 431 g/mol. The van der Waals surface area contributed by atoms with Gasteiger partial charge in [0.2, 0.25) is 0 Å². The van der Waals surface area contributed by atoms with Crippen molar-refractivity contribution in [3.05, 3.63) is 78.4 Å². The Bertz CT molecular complexity index is 537. The maximum absolute atomic E-state index is 3.99. The number of hydrogen-bond acceptors (Lipinski definition) is 0. The quantitative estimate of drug-likeness (QED) is 0.409. The molecule has 0 amide bonds. The van der Waals surface area contributed by atoms with Crippen LogP contribution in [0.25, 0.3) is 5.57 Å². The van der Waals surface area contributed by atoms with E-state index in [1.54, 1.807) is 12.2 Å². The van der Waals surface area contributed by atoms with Crippen molar-refractivity contribution in [2.24, 2.45) is 5.92 Å². The summed E-state index contributed by atoms with van der Waals surface area (Å²) in [5.41, 5.74) is 7.16. The molecule has 1 aliphatic carbocycles. The molecule has 1 aromatic rings. The molecular weight excluding hydrogens is 372 g/mol. The normalized spacial score (nSPS) is 12.9. The maximum atomic E-state index is 3.99. The fourth-order valence-corrected chi connectivity index (χ4v) is 2.87. The highest BCUT2D eigenvalue weighted by Gasteiger charge is 2.20. The Kier molecular flexibility index (Phi) is 42.0. The minimum absolute atomic E-state index is 0.664. The van der Waals surface area contributed by atoms with E-state index in [9.17, 15) is 0 Å². The van der Waals surface area contributed by atoms with Crippen molar-refractivity contribution < 1.29 is 0 Å². The van der Waals surface area contributed by atoms with Gasteiger partial charge in [0.15, 0.2) is 0 Å². The lowest BCUT2D eigenvalue weighted by Gasteiger charge is -2.26. The van der Waals surface area contributed by atoms with Crippen LogP contribution in [-0.4, -0.2) is 0 Å². The van der Waals surface area contributed by atoms with Gasteiger partial charge < -0.3 is 0 Å². The Morgan fingerprint density at radius 1 is 0.806 bits per heavy atom. The Morgan fingerprint density at radius 2 is 1.23 bits per heavy atom. The monoisotopic (exact) mass is 430 g/mol. The first-order chi connectivity index (χ1) is 15.0. The third-order valence-corrected chi connectivity index (χ3v) is 3.85. The minimum atomic E-state index is 0.664. The Labute approximate surface area is 199 Å². The lowest BCUT2D eigenvalue weighted by Crippen LogP contribution is -2.09.